The van der Waals surface area contributed by atoms with Crippen molar-refractivity contribution >= 4 is 31.9 Å². The van der Waals surface area contributed by atoms with Gasteiger partial charge in [-0.1, -0.05) is 44.0 Å². The summed E-state index contributed by atoms with van der Waals surface area (Å²) in [6.07, 6.45) is 0. The number of aryl methyl sites for hydroxylation is 2. The highest BCUT2D eigenvalue weighted by Gasteiger charge is 2.16. The maximum absolute atomic E-state index is 13.5. The van der Waals surface area contributed by atoms with Gasteiger partial charge in [0.05, 0.1) is 11.9 Å². The minimum absolute atomic E-state index is 0.00352. The highest BCUT2D eigenvalue weighted by molar-refractivity contribution is 9.10. The van der Waals surface area contributed by atoms with E-state index in [4.69, 9.17) is 4.74 Å². The number of methoxy groups -OCH3 is 1. The highest BCUT2D eigenvalue weighted by Crippen LogP contribution is 2.36. The van der Waals surface area contributed by atoms with Gasteiger partial charge in [-0.05, 0) is 54.3 Å². The van der Waals surface area contributed by atoms with Gasteiger partial charge in [-0.2, -0.15) is 0 Å². The molecule has 0 fully saturated rings. The molecule has 106 valence electrons. The van der Waals surface area contributed by atoms with Crippen LogP contribution in [0, 0.1) is 19.7 Å². The van der Waals surface area contributed by atoms with E-state index in [-0.39, 0.29) is 16.4 Å². The summed E-state index contributed by atoms with van der Waals surface area (Å²) in [4.78, 5) is 0.00352. The molecule has 0 heterocycles. The lowest BCUT2D eigenvalue weighted by Crippen LogP contribution is -1.99. The highest BCUT2D eigenvalue weighted by atomic mass is 79.9. The zero-order chi connectivity index (χ0) is 14.9. The molecule has 0 aromatic heterocycles. The van der Waals surface area contributed by atoms with E-state index in [0.29, 0.717) is 0 Å². The van der Waals surface area contributed by atoms with E-state index in [1.807, 2.05) is 0 Å². The van der Waals surface area contributed by atoms with Crippen LogP contribution in [0.3, 0.4) is 0 Å². The normalized spacial score (nSPS) is 12.3. The van der Waals surface area contributed by atoms with Crippen molar-refractivity contribution in [3.8, 4) is 5.75 Å². The number of ether oxygens (including phenoxy) is 1. The molecule has 0 spiro atoms. The number of halogens is 3. The number of rotatable bonds is 3. The van der Waals surface area contributed by atoms with Gasteiger partial charge in [0.2, 0.25) is 0 Å². The minimum atomic E-state index is -0.348. The van der Waals surface area contributed by atoms with Crippen molar-refractivity contribution in [1.82, 2.24) is 0 Å². The number of alkyl halides is 1. The van der Waals surface area contributed by atoms with Crippen molar-refractivity contribution < 1.29 is 9.13 Å². The van der Waals surface area contributed by atoms with Gasteiger partial charge in [-0.3, -0.25) is 0 Å². The average molecular weight is 402 g/mol. The lowest BCUT2D eigenvalue weighted by Gasteiger charge is -2.16. The van der Waals surface area contributed by atoms with Crippen LogP contribution in [0.1, 0.15) is 27.1 Å². The Hall–Kier alpha value is -0.870. The first-order valence-electron chi connectivity index (χ1n) is 6.18. The molecule has 0 N–H and O–H groups in total. The first kappa shape index (κ1) is 15.5. The Bertz CT molecular complexity index is 641. The Kier molecular flexibility index (Phi) is 4.86. The fraction of sp³-hybridized carbons (Fsp3) is 0.250. The van der Waals surface area contributed by atoms with Gasteiger partial charge in [0, 0.05) is 4.47 Å². The Morgan fingerprint density at radius 1 is 1.10 bits per heavy atom. The average Bonchev–Trinajstić information content (AvgIpc) is 2.42. The van der Waals surface area contributed by atoms with E-state index in [0.717, 1.165) is 10.0 Å². The molecule has 0 saturated heterocycles. The van der Waals surface area contributed by atoms with Crippen LogP contribution in [0.2, 0.25) is 0 Å². The maximum atomic E-state index is 13.5. The van der Waals surface area contributed by atoms with Crippen LogP contribution in [0.15, 0.2) is 34.8 Å². The van der Waals surface area contributed by atoms with Gasteiger partial charge in [-0.15, -0.1) is 0 Å². The summed E-state index contributed by atoms with van der Waals surface area (Å²) in [5, 5.41) is 0. The quantitative estimate of drug-likeness (QED) is 0.599. The SMILES string of the molecule is COc1cc(C(Br)c2cc(C)c(Br)cc2C)ccc1F. The molecule has 0 aliphatic heterocycles. The second-order valence-corrected chi connectivity index (χ2v) is 6.48. The summed E-state index contributed by atoms with van der Waals surface area (Å²) in [6, 6.07) is 9.16. The monoisotopic (exact) mass is 400 g/mol. The van der Waals surface area contributed by atoms with Gasteiger partial charge < -0.3 is 4.74 Å². The third-order valence-electron chi connectivity index (χ3n) is 3.29. The van der Waals surface area contributed by atoms with Crippen molar-refractivity contribution in [2.75, 3.05) is 7.11 Å². The van der Waals surface area contributed by atoms with Gasteiger partial charge in [0.25, 0.3) is 0 Å². The Morgan fingerprint density at radius 2 is 1.80 bits per heavy atom. The van der Waals surface area contributed by atoms with E-state index in [1.54, 1.807) is 12.1 Å². The zero-order valence-corrected chi connectivity index (χ0v) is 14.7. The molecule has 0 bridgehead atoms. The van der Waals surface area contributed by atoms with Crippen molar-refractivity contribution in [3.63, 3.8) is 0 Å². The van der Waals surface area contributed by atoms with Crippen LogP contribution in [0.5, 0.6) is 5.75 Å². The van der Waals surface area contributed by atoms with E-state index < -0.39 is 0 Å². The van der Waals surface area contributed by atoms with Gasteiger partial charge in [-0.25, -0.2) is 4.39 Å². The second-order valence-electron chi connectivity index (χ2n) is 4.71. The summed E-state index contributed by atoms with van der Waals surface area (Å²) in [6.45, 7) is 4.12. The van der Waals surface area contributed by atoms with Crippen molar-refractivity contribution in [1.29, 1.82) is 0 Å². The molecular formula is C16H15Br2FO. The molecule has 2 aromatic rings. The molecule has 20 heavy (non-hydrogen) atoms. The van der Waals surface area contributed by atoms with Crippen molar-refractivity contribution in [2.24, 2.45) is 0 Å². The maximum Gasteiger partial charge on any atom is 0.165 e. The first-order valence-corrected chi connectivity index (χ1v) is 7.89. The number of hydrogen-bond donors (Lipinski definition) is 0. The molecule has 0 aliphatic carbocycles. The summed E-state index contributed by atoms with van der Waals surface area (Å²) in [5.74, 6) is -0.0851. The molecule has 2 rings (SSSR count). The third-order valence-corrected chi connectivity index (χ3v) is 5.16. The molecule has 0 aliphatic rings. The standard InChI is InChI=1S/C16H15Br2FO/c1-9-7-13(17)10(2)6-12(9)16(18)11-4-5-14(19)15(8-11)20-3/h4-8,16H,1-3H3. The van der Waals surface area contributed by atoms with Crippen molar-refractivity contribution in [2.45, 2.75) is 18.7 Å². The topological polar surface area (TPSA) is 9.23 Å². The molecule has 0 saturated carbocycles. The molecule has 2 aromatic carbocycles. The fourth-order valence-electron chi connectivity index (χ4n) is 2.09. The van der Waals surface area contributed by atoms with Crippen LogP contribution in [-0.2, 0) is 0 Å². The lowest BCUT2D eigenvalue weighted by molar-refractivity contribution is 0.386. The molecule has 1 nitrogen and oxygen atoms in total. The van der Waals surface area contributed by atoms with Crippen LogP contribution in [-0.4, -0.2) is 7.11 Å². The predicted molar refractivity (Wildman–Crippen MR) is 87.3 cm³/mol. The fourth-order valence-corrected chi connectivity index (χ4v) is 3.33. The van der Waals surface area contributed by atoms with E-state index in [2.05, 4.69) is 57.8 Å². The number of benzene rings is 2. The van der Waals surface area contributed by atoms with Crippen LogP contribution >= 0.6 is 31.9 Å². The number of hydrogen-bond acceptors (Lipinski definition) is 1. The molecule has 0 radical (unpaired) electrons. The largest absolute Gasteiger partial charge is 0.494 e. The molecule has 0 amide bonds. The predicted octanol–water partition coefficient (Wildman–Crippen LogP) is 5.70. The Balaban J connectivity index is 2.46. The zero-order valence-electron chi connectivity index (χ0n) is 11.5. The second kappa shape index (κ2) is 6.27. The molecule has 1 unspecified atom stereocenters. The summed E-state index contributed by atoms with van der Waals surface area (Å²) >= 11 is 7.23. The minimum Gasteiger partial charge on any atom is -0.494 e. The lowest BCUT2D eigenvalue weighted by atomic mass is 9.98. The van der Waals surface area contributed by atoms with Gasteiger partial charge >= 0.3 is 0 Å². The van der Waals surface area contributed by atoms with Gasteiger partial charge in [0.1, 0.15) is 0 Å². The van der Waals surface area contributed by atoms with Gasteiger partial charge in [0.15, 0.2) is 11.6 Å². The summed E-state index contributed by atoms with van der Waals surface area (Å²) in [5.41, 5.74) is 4.48. The third kappa shape index (κ3) is 3.07. The van der Waals surface area contributed by atoms with E-state index in [1.165, 1.54) is 29.9 Å². The van der Waals surface area contributed by atoms with Crippen LogP contribution in [0.25, 0.3) is 0 Å². The Labute approximate surface area is 135 Å². The molecule has 1 atom stereocenters. The smallest absolute Gasteiger partial charge is 0.165 e. The van der Waals surface area contributed by atoms with Crippen LogP contribution in [0.4, 0.5) is 4.39 Å². The van der Waals surface area contributed by atoms with E-state index >= 15 is 0 Å². The van der Waals surface area contributed by atoms with E-state index in [9.17, 15) is 4.39 Å². The van der Waals surface area contributed by atoms with Crippen molar-refractivity contribution in [3.05, 3.63) is 62.9 Å². The summed E-state index contributed by atoms with van der Waals surface area (Å²) < 4.78 is 19.6. The molecular weight excluding hydrogens is 387 g/mol. The summed E-state index contributed by atoms with van der Waals surface area (Å²) in [7, 11) is 1.47. The Morgan fingerprint density at radius 3 is 2.45 bits per heavy atom. The first-order chi connectivity index (χ1) is 9.43. The molecule has 4 heteroatoms. The van der Waals surface area contributed by atoms with Crippen LogP contribution < -0.4 is 4.74 Å².